The zero-order chi connectivity index (χ0) is 31.9. The predicted molar refractivity (Wildman–Crippen MR) is 200 cm³/mol. The molecule has 0 bridgehead atoms. The van der Waals surface area contributed by atoms with Gasteiger partial charge in [-0.15, -0.1) is 0 Å². The molecule has 1 heterocycles. The van der Waals surface area contributed by atoms with Gasteiger partial charge in [-0.2, -0.15) is 0 Å². The molecule has 9 aromatic rings. The molecule has 226 valence electrons. The van der Waals surface area contributed by atoms with Crippen LogP contribution in [0.2, 0.25) is 0 Å². The summed E-state index contributed by atoms with van der Waals surface area (Å²) in [4.78, 5) is 7.29. The Morgan fingerprint density at radius 2 is 1.08 bits per heavy atom. The second-order valence-corrected chi connectivity index (χ2v) is 12.0. The minimum absolute atomic E-state index is 0.628. The third-order valence-electron chi connectivity index (χ3n) is 9.07. The molecule has 0 aliphatic carbocycles. The standard InChI is InChI=1S/C45H30N2O/c1-2-13-34(14-3-1)45-46-44-41(20-10-22-43(44)48-45)33-25-27-38(28-26-33)47(42-21-9-16-32-12-6-7-19-40(32)42)39-18-8-17-36(30-39)37-24-23-31-11-4-5-15-35(31)29-37/h1-30H. The van der Waals surface area contributed by atoms with Crippen LogP contribution in [0, 0.1) is 0 Å². The third-order valence-corrected chi connectivity index (χ3v) is 9.07. The highest BCUT2D eigenvalue weighted by Crippen LogP contribution is 2.41. The Morgan fingerprint density at radius 3 is 1.96 bits per heavy atom. The molecule has 0 saturated carbocycles. The molecule has 0 unspecified atom stereocenters. The van der Waals surface area contributed by atoms with E-state index in [4.69, 9.17) is 9.40 Å². The fourth-order valence-corrected chi connectivity index (χ4v) is 6.70. The van der Waals surface area contributed by atoms with Crippen molar-refractivity contribution in [2.45, 2.75) is 0 Å². The lowest BCUT2D eigenvalue weighted by molar-refractivity contribution is 0.620. The van der Waals surface area contributed by atoms with Gasteiger partial charge in [-0.25, -0.2) is 4.98 Å². The molecule has 0 amide bonds. The minimum Gasteiger partial charge on any atom is -0.436 e. The summed E-state index contributed by atoms with van der Waals surface area (Å²) in [5.74, 6) is 0.628. The van der Waals surface area contributed by atoms with Gasteiger partial charge in [0.2, 0.25) is 5.89 Å². The Kier molecular flexibility index (Phi) is 6.80. The highest BCUT2D eigenvalue weighted by Gasteiger charge is 2.18. The van der Waals surface area contributed by atoms with Crippen LogP contribution in [0.1, 0.15) is 0 Å². The molecule has 3 heteroatoms. The predicted octanol–water partition coefficient (Wildman–Crippen LogP) is 12.6. The second kappa shape index (κ2) is 11.7. The van der Waals surface area contributed by atoms with Crippen molar-refractivity contribution in [1.82, 2.24) is 4.98 Å². The summed E-state index contributed by atoms with van der Waals surface area (Å²) < 4.78 is 6.19. The molecule has 0 spiro atoms. The third kappa shape index (κ3) is 4.99. The lowest BCUT2D eigenvalue weighted by Gasteiger charge is -2.27. The first kappa shape index (κ1) is 27.8. The average Bonchev–Trinajstić information content (AvgIpc) is 3.61. The van der Waals surface area contributed by atoms with E-state index in [9.17, 15) is 0 Å². The van der Waals surface area contributed by atoms with Crippen LogP contribution in [0.5, 0.6) is 0 Å². The normalized spacial score (nSPS) is 11.3. The number of hydrogen-bond acceptors (Lipinski definition) is 3. The van der Waals surface area contributed by atoms with Crippen molar-refractivity contribution in [3.63, 3.8) is 0 Å². The average molecular weight is 615 g/mol. The SMILES string of the molecule is c1ccc(-c2nc3c(-c4ccc(N(c5cccc(-c6ccc7ccccc7c6)c5)c5cccc6ccccc56)cc4)cccc3o2)cc1. The van der Waals surface area contributed by atoms with Gasteiger partial charge in [0, 0.05) is 27.9 Å². The Hall–Kier alpha value is -6.45. The fourth-order valence-electron chi connectivity index (χ4n) is 6.70. The van der Waals surface area contributed by atoms with Crippen molar-refractivity contribution >= 4 is 49.7 Å². The number of hydrogen-bond donors (Lipinski definition) is 0. The van der Waals surface area contributed by atoms with E-state index in [1.54, 1.807) is 0 Å². The molecule has 8 aromatic carbocycles. The van der Waals surface area contributed by atoms with Gasteiger partial charge in [-0.1, -0.05) is 127 Å². The van der Waals surface area contributed by atoms with Crippen molar-refractivity contribution in [3.8, 4) is 33.7 Å². The number of nitrogens with zero attached hydrogens (tertiary/aromatic N) is 2. The summed E-state index contributed by atoms with van der Waals surface area (Å²) in [6, 6.07) is 64.1. The van der Waals surface area contributed by atoms with E-state index in [-0.39, 0.29) is 0 Å². The first-order chi connectivity index (χ1) is 23.8. The molecule has 0 aliphatic rings. The highest BCUT2D eigenvalue weighted by molar-refractivity contribution is 6.00. The summed E-state index contributed by atoms with van der Waals surface area (Å²) in [6.07, 6.45) is 0. The van der Waals surface area contributed by atoms with Crippen molar-refractivity contribution < 1.29 is 4.42 Å². The van der Waals surface area contributed by atoms with Crippen LogP contribution in [-0.2, 0) is 0 Å². The number of para-hydroxylation sites is 1. The molecule has 48 heavy (non-hydrogen) atoms. The van der Waals surface area contributed by atoms with E-state index in [0.717, 1.165) is 44.9 Å². The van der Waals surface area contributed by atoms with Crippen molar-refractivity contribution in [2.75, 3.05) is 4.90 Å². The zero-order valence-electron chi connectivity index (χ0n) is 26.1. The van der Waals surface area contributed by atoms with E-state index in [1.165, 1.54) is 32.7 Å². The van der Waals surface area contributed by atoms with Gasteiger partial charge in [0.15, 0.2) is 5.58 Å². The monoisotopic (exact) mass is 614 g/mol. The van der Waals surface area contributed by atoms with Gasteiger partial charge in [-0.05, 0) is 87.4 Å². The largest absolute Gasteiger partial charge is 0.436 e. The molecular formula is C45H30N2O. The fraction of sp³-hybridized carbons (Fsp3) is 0. The molecule has 0 radical (unpaired) electrons. The Bertz CT molecular complexity index is 2560. The van der Waals surface area contributed by atoms with Crippen molar-refractivity contribution in [1.29, 1.82) is 0 Å². The van der Waals surface area contributed by atoms with Crippen LogP contribution in [0.4, 0.5) is 17.1 Å². The van der Waals surface area contributed by atoms with Crippen LogP contribution in [-0.4, -0.2) is 4.98 Å². The quantitative estimate of drug-likeness (QED) is 0.187. The van der Waals surface area contributed by atoms with Crippen LogP contribution < -0.4 is 4.90 Å². The van der Waals surface area contributed by atoms with Gasteiger partial charge in [0.1, 0.15) is 5.52 Å². The van der Waals surface area contributed by atoms with Crippen molar-refractivity contribution in [2.24, 2.45) is 0 Å². The topological polar surface area (TPSA) is 29.3 Å². The van der Waals surface area contributed by atoms with Gasteiger partial charge < -0.3 is 9.32 Å². The van der Waals surface area contributed by atoms with E-state index in [1.807, 2.05) is 42.5 Å². The molecular weight excluding hydrogens is 585 g/mol. The number of fused-ring (bicyclic) bond motifs is 3. The van der Waals surface area contributed by atoms with Gasteiger partial charge in [0.05, 0.1) is 5.69 Å². The summed E-state index contributed by atoms with van der Waals surface area (Å²) in [5, 5.41) is 4.88. The maximum absolute atomic E-state index is 6.19. The molecule has 3 nitrogen and oxygen atoms in total. The number of aromatic nitrogens is 1. The van der Waals surface area contributed by atoms with Crippen molar-refractivity contribution in [3.05, 3.63) is 182 Å². The smallest absolute Gasteiger partial charge is 0.227 e. The summed E-state index contributed by atoms with van der Waals surface area (Å²) in [6.45, 7) is 0. The van der Waals surface area contributed by atoms with Crippen LogP contribution in [0.15, 0.2) is 186 Å². The molecule has 0 N–H and O–H groups in total. The van der Waals surface area contributed by atoms with Crippen LogP contribution in [0.25, 0.3) is 66.4 Å². The van der Waals surface area contributed by atoms with Crippen LogP contribution >= 0.6 is 0 Å². The lowest BCUT2D eigenvalue weighted by Crippen LogP contribution is -2.10. The van der Waals surface area contributed by atoms with Gasteiger partial charge in [0.25, 0.3) is 0 Å². The molecule has 0 saturated heterocycles. The molecule has 0 fully saturated rings. The van der Waals surface area contributed by atoms with E-state index in [0.29, 0.717) is 5.89 Å². The summed E-state index contributed by atoms with van der Waals surface area (Å²) in [7, 11) is 0. The van der Waals surface area contributed by atoms with E-state index >= 15 is 0 Å². The van der Waals surface area contributed by atoms with E-state index in [2.05, 4.69) is 144 Å². The summed E-state index contributed by atoms with van der Waals surface area (Å²) in [5.41, 5.74) is 10.4. The number of rotatable bonds is 6. The Balaban J connectivity index is 1.16. The number of anilines is 3. The maximum atomic E-state index is 6.19. The molecule has 1 aromatic heterocycles. The van der Waals surface area contributed by atoms with Gasteiger partial charge in [-0.3, -0.25) is 0 Å². The van der Waals surface area contributed by atoms with Gasteiger partial charge >= 0.3 is 0 Å². The highest BCUT2D eigenvalue weighted by atomic mass is 16.3. The number of oxazole rings is 1. The molecule has 0 atom stereocenters. The molecule has 0 aliphatic heterocycles. The Morgan fingerprint density at radius 1 is 0.417 bits per heavy atom. The maximum Gasteiger partial charge on any atom is 0.227 e. The second-order valence-electron chi connectivity index (χ2n) is 12.0. The Labute approximate surface area is 279 Å². The first-order valence-electron chi connectivity index (χ1n) is 16.2. The minimum atomic E-state index is 0.628. The zero-order valence-corrected chi connectivity index (χ0v) is 26.1. The number of benzene rings is 8. The van der Waals surface area contributed by atoms with Crippen LogP contribution in [0.3, 0.4) is 0 Å². The molecule has 9 rings (SSSR count). The van der Waals surface area contributed by atoms with E-state index < -0.39 is 0 Å². The lowest BCUT2D eigenvalue weighted by atomic mass is 9.99. The summed E-state index contributed by atoms with van der Waals surface area (Å²) >= 11 is 0. The first-order valence-corrected chi connectivity index (χ1v) is 16.2.